The number of amides is 1. The summed E-state index contributed by atoms with van der Waals surface area (Å²) in [5.41, 5.74) is 1.87. The van der Waals surface area contributed by atoms with E-state index in [1.54, 1.807) is 6.08 Å². The number of ether oxygens (including phenoxy) is 1. The predicted octanol–water partition coefficient (Wildman–Crippen LogP) is 6.21. The summed E-state index contributed by atoms with van der Waals surface area (Å²) in [6, 6.07) is 19.0. The fourth-order valence-electron chi connectivity index (χ4n) is 3.15. The van der Waals surface area contributed by atoms with Crippen LogP contribution in [0.25, 0.3) is 6.08 Å². The second-order valence-corrected chi connectivity index (χ2v) is 7.46. The first-order valence-corrected chi connectivity index (χ1v) is 10.8. The van der Waals surface area contributed by atoms with Gasteiger partial charge in [-0.3, -0.25) is 4.79 Å². The normalized spacial score (nSPS) is 12.1. The van der Waals surface area contributed by atoms with Gasteiger partial charge in [-0.25, -0.2) is 0 Å². The predicted molar refractivity (Wildman–Crippen MR) is 122 cm³/mol. The van der Waals surface area contributed by atoms with Gasteiger partial charge in [0.25, 0.3) is 5.91 Å². The van der Waals surface area contributed by atoms with Gasteiger partial charge in [-0.15, -0.1) is 0 Å². The third-order valence-corrected chi connectivity index (χ3v) is 4.97. The highest BCUT2D eigenvalue weighted by Crippen LogP contribution is 2.17. The first kappa shape index (κ1) is 23.2. The minimum Gasteiger partial charge on any atom is -0.494 e. The Bertz CT molecular complexity index is 836. The molecule has 0 saturated carbocycles. The van der Waals surface area contributed by atoms with Crippen molar-refractivity contribution in [3.8, 4) is 11.8 Å². The van der Waals surface area contributed by atoms with Crippen molar-refractivity contribution in [3.05, 3.63) is 71.3 Å². The Morgan fingerprint density at radius 2 is 1.70 bits per heavy atom. The van der Waals surface area contributed by atoms with E-state index in [2.05, 4.69) is 12.2 Å². The van der Waals surface area contributed by atoms with E-state index in [-0.39, 0.29) is 17.5 Å². The maximum atomic E-state index is 12.5. The number of nitrogens with zero attached hydrogens (tertiary/aromatic N) is 1. The highest BCUT2D eigenvalue weighted by atomic mass is 16.5. The summed E-state index contributed by atoms with van der Waals surface area (Å²) in [6.45, 7) is 4.84. The van der Waals surface area contributed by atoms with Crippen molar-refractivity contribution in [1.29, 1.82) is 5.26 Å². The molecule has 158 valence electrons. The number of hydrogen-bond acceptors (Lipinski definition) is 3. The van der Waals surface area contributed by atoms with Crippen molar-refractivity contribution in [2.24, 2.45) is 0 Å². The molecule has 0 aliphatic heterocycles. The number of hydrogen-bond donors (Lipinski definition) is 1. The number of nitrogens with one attached hydrogen (secondary N) is 1. The van der Waals surface area contributed by atoms with Crippen LogP contribution in [0.4, 0.5) is 0 Å². The van der Waals surface area contributed by atoms with E-state index in [0.717, 1.165) is 23.3 Å². The largest absolute Gasteiger partial charge is 0.494 e. The van der Waals surface area contributed by atoms with Crippen LogP contribution in [-0.2, 0) is 4.79 Å². The molecule has 0 unspecified atom stereocenters. The molecule has 2 aromatic carbocycles. The molecule has 4 nitrogen and oxygen atoms in total. The quantitative estimate of drug-likeness (QED) is 0.260. The molecule has 0 spiro atoms. The third kappa shape index (κ3) is 8.13. The van der Waals surface area contributed by atoms with E-state index >= 15 is 0 Å². The highest BCUT2D eigenvalue weighted by molar-refractivity contribution is 6.01. The monoisotopic (exact) mass is 404 g/mol. The Kier molecular flexibility index (Phi) is 10.2. The molecule has 0 radical (unpaired) electrons. The lowest BCUT2D eigenvalue weighted by Gasteiger charge is -2.13. The summed E-state index contributed by atoms with van der Waals surface area (Å²) in [6.07, 6.45) is 9.00. The minimum absolute atomic E-state index is 0.0820. The molecule has 0 saturated heterocycles. The Morgan fingerprint density at radius 1 is 1.03 bits per heavy atom. The Labute approximate surface area is 180 Å². The number of rotatable bonds is 12. The standard InChI is InChI=1S/C26H32N2O2/c1-3-4-5-6-7-11-18-30-25-16-14-22(15-17-25)19-24(20-27)26(29)28-21(2)23-12-9-8-10-13-23/h8-10,12-17,19,21H,3-7,11,18H2,1-2H3,(H,28,29)/b24-19-/t21-/m1/s1. The SMILES string of the molecule is CCCCCCCCOc1ccc(/C=C(/C#N)C(=O)N[C@H](C)c2ccccc2)cc1. The average Bonchev–Trinajstić information content (AvgIpc) is 2.78. The summed E-state index contributed by atoms with van der Waals surface area (Å²) >= 11 is 0. The molecule has 0 fully saturated rings. The summed E-state index contributed by atoms with van der Waals surface area (Å²) < 4.78 is 5.78. The van der Waals surface area contributed by atoms with Gasteiger partial charge >= 0.3 is 0 Å². The van der Waals surface area contributed by atoms with Crippen LogP contribution in [0.5, 0.6) is 5.75 Å². The van der Waals surface area contributed by atoms with Gasteiger partial charge in [-0.05, 0) is 42.7 Å². The zero-order valence-electron chi connectivity index (χ0n) is 18.1. The van der Waals surface area contributed by atoms with Crippen molar-refractivity contribution < 1.29 is 9.53 Å². The van der Waals surface area contributed by atoms with Crippen LogP contribution in [0.1, 0.15) is 69.5 Å². The number of unbranched alkanes of at least 4 members (excludes halogenated alkanes) is 5. The van der Waals surface area contributed by atoms with Crippen LogP contribution in [0.2, 0.25) is 0 Å². The van der Waals surface area contributed by atoms with Crippen LogP contribution in [-0.4, -0.2) is 12.5 Å². The lowest BCUT2D eigenvalue weighted by molar-refractivity contribution is -0.117. The fraction of sp³-hybridized carbons (Fsp3) is 0.385. The van der Waals surface area contributed by atoms with Crippen LogP contribution in [0, 0.1) is 11.3 Å². The van der Waals surface area contributed by atoms with Gasteiger partial charge in [-0.1, -0.05) is 81.5 Å². The maximum absolute atomic E-state index is 12.5. The van der Waals surface area contributed by atoms with Crippen molar-refractivity contribution >= 4 is 12.0 Å². The van der Waals surface area contributed by atoms with Crippen molar-refractivity contribution in [2.45, 2.75) is 58.4 Å². The van der Waals surface area contributed by atoms with E-state index in [1.807, 2.05) is 67.6 Å². The molecule has 1 amide bonds. The van der Waals surface area contributed by atoms with Crippen molar-refractivity contribution in [1.82, 2.24) is 5.32 Å². The zero-order chi connectivity index (χ0) is 21.6. The molecule has 4 heteroatoms. The molecule has 0 aliphatic rings. The molecule has 1 atom stereocenters. The second kappa shape index (κ2) is 13.2. The van der Waals surface area contributed by atoms with Crippen LogP contribution < -0.4 is 10.1 Å². The van der Waals surface area contributed by atoms with Crippen LogP contribution in [0.3, 0.4) is 0 Å². The molecule has 1 N–H and O–H groups in total. The van der Waals surface area contributed by atoms with E-state index in [4.69, 9.17) is 4.74 Å². The first-order valence-electron chi connectivity index (χ1n) is 10.8. The van der Waals surface area contributed by atoms with Crippen molar-refractivity contribution in [2.75, 3.05) is 6.61 Å². The molecule has 0 heterocycles. The molecule has 2 rings (SSSR count). The maximum Gasteiger partial charge on any atom is 0.262 e. The van der Waals surface area contributed by atoms with Gasteiger partial charge < -0.3 is 10.1 Å². The van der Waals surface area contributed by atoms with Gasteiger partial charge in [0.15, 0.2) is 0 Å². The summed E-state index contributed by atoms with van der Waals surface area (Å²) in [5, 5.41) is 12.3. The lowest BCUT2D eigenvalue weighted by Crippen LogP contribution is -2.27. The topological polar surface area (TPSA) is 62.1 Å². The highest BCUT2D eigenvalue weighted by Gasteiger charge is 2.13. The average molecular weight is 405 g/mol. The van der Waals surface area contributed by atoms with Crippen LogP contribution in [0.15, 0.2) is 60.2 Å². The van der Waals surface area contributed by atoms with Crippen molar-refractivity contribution in [3.63, 3.8) is 0 Å². The molecule has 0 bridgehead atoms. The van der Waals surface area contributed by atoms with E-state index in [1.165, 1.54) is 32.1 Å². The second-order valence-electron chi connectivity index (χ2n) is 7.46. The summed E-state index contributed by atoms with van der Waals surface area (Å²) in [4.78, 5) is 12.5. The first-order chi connectivity index (χ1) is 14.6. The molecule has 0 aliphatic carbocycles. The molecule has 0 aromatic heterocycles. The minimum atomic E-state index is -0.378. The van der Waals surface area contributed by atoms with E-state index in [0.29, 0.717) is 6.61 Å². The smallest absolute Gasteiger partial charge is 0.262 e. The number of benzene rings is 2. The van der Waals surface area contributed by atoms with Gasteiger partial charge in [-0.2, -0.15) is 5.26 Å². The number of nitriles is 1. The Hall–Kier alpha value is -3.06. The molecule has 2 aromatic rings. The molecular formula is C26H32N2O2. The fourth-order valence-corrected chi connectivity index (χ4v) is 3.15. The van der Waals surface area contributed by atoms with Crippen LogP contribution >= 0.6 is 0 Å². The van der Waals surface area contributed by atoms with E-state index in [9.17, 15) is 10.1 Å². The van der Waals surface area contributed by atoms with Gasteiger partial charge in [0.2, 0.25) is 0 Å². The third-order valence-electron chi connectivity index (χ3n) is 4.97. The van der Waals surface area contributed by atoms with Gasteiger partial charge in [0.05, 0.1) is 12.6 Å². The number of carbonyl (C=O) groups is 1. The Balaban J connectivity index is 1.85. The van der Waals surface area contributed by atoms with Gasteiger partial charge in [0, 0.05) is 0 Å². The molecular weight excluding hydrogens is 372 g/mol. The number of carbonyl (C=O) groups excluding carboxylic acids is 1. The molecule has 30 heavy (non-hydrogen) atoms. The Morgan fingerprint density at radius 3 is 2.37 bits per heavy atom. The summed E-state index contributed by atoms with van der Waals surface area (Å²) in [7, 11) is 0. The summed E-state index contributed by atoms with van der Waals surface area (Å²) in [5.74, 6) is 0.429. The van der Waals surface area contributed by atoms with Gasteiger partial charge in [0.1, 0.15) is 17.4 Å². The van der Waals surface area contributed by atoms with E-state index < -0.39 is 0 Å². The zero-order valence-corrected chi connectivity index (χ0v) is 18.1. The lowest BCUT2D eigenvalue weighted by atomic mass is 10.1.